The molecule has 0 aliphatic carbocycles. The number of carbonyl (C=O) groups is 1. The van der Waals surface area contributed by atoms with Crippen molar-refractivity contribution in [3.05, 3.63) is 70.3 Å². The fraction of sp³-hybridized carbons (Fsp3) is 0. The first-order valence-corrected chi connectivity index (χ1v) is 6.38. The molecule has 0 fully saturated rings. The fourth-order valence-electron chi connectivity index (χ4n) is 2.07. The zero-order chi connectivity index (χ0) is 15.7. The van der Waals surface area contributed by atoms with Gasteiger partial charge in [-0.15, -0.1) is 0 Å². The van der Waals surface area contributed by atoms with Crippen molar-refractivity contribution in [2.45, 2.75) is 0 Å². The van der Waals surface area contributed by atoms with Crippen molar-refractivity contribution >= 4 is 22.6 Å². The molecule has 0 unspecified atom stereocenters. The number of anilines is 1. The molecule has 2 aromatic carbocycles. The Kier molecular flexibility index (Phi) is 3.34. The Hall–Kier alpha value is -3.15. The second-order valence-corrected chi connectivity index (χ2v) is 4.54. The van der Waals surface area contributed by atoms with Crippen LogP contribution in [0.1, 0.15) is 10.4 Å². The Labute approximate surface area is 123 Å². The average Bonchev–Trinajstić information content (AvgIpc) is 2.51. The summed E-state index contributed by atoms with van der Waals surface area (Å²) >= 11 is 0. The van der Waals surface area contributed by atoms with Gasteiger partial charge in [0.25, 0.3) is 5.91 Å². The van der Waals surface area contributed by atoms with Crippen LogP contribution >= 0.6 is 0 Å². The molecule has 1 aromatic heterocycles. The van der Waals surface area contributed by atoms with Gasteiger partial charge in [-0.25, -0.2) is 9.18 Å². The van der Waals surface area contributed by atoms with E-state index in [1.54, 1.807) is 12.1 Å². The summed E-state index contributed by atoms with van der Waals surface area (Å²) in [4.78, 5) is 23.9. The van der Waals surface area contributed by atoms with Crippen LogP contribution in [-0.2, 0) is 0 Å². The van der Waals surface area contributed by atoms with Crippen LogP contribution in [0, 0.1) is 5.82 Å². The van der Waals surface area contributed by atoms with Gasteiger partial charge in [-0.3, -0.25) is 4.79 Å². The summed E-state index contributed by atoms with van der Waals surface area (Å²) < 4.78 is 18.6. The second-order valence-electron chi connectivity index (χ2n) is 4.54. The van der Waals surface area contributed by atoms with Gasteiger partial charge in [0.05, 0.1) is 10.9 Å². The Balaban J connectivity index is 2.06. The van der Waals surface area contributed by atoms with E-state index in [1.165, 1.54) is 30.3 Å². The van der Waals surface area contributed by atoms with Crippen LogP contribution in [0.2, 0.25) is 0 Å². The summed E-state index contributed by atoms with van der Waals surface area (Å²) in [5.74, 6) is -2.00. The molecule has 0 radical (unpaired) electrons. The zero-order valence-corrected chi connectivity index (χ0v) is 11.2. The standard InChI is InChI=1S/C16H10FNO4/c17-11-7-3-1-5-9(11)15(20)18-13-14(19)10-6-2-4-8-12(10)22-16(13)21/h1-8,19H,(H,18,20). The Morgan fingerprint density at radius 3 is 2.55 bits per heavy atom. The monoisotopic (exact) mass is 299 g/mol. The van der Waals surface area contributed by atoms with Gasteiger partial charge in [-0.1, -0.05) is 24.3 Å². The maximum absolute atomic E-state index is 13.6. The first-order chi connectivity index (χ1) is 10.6. The lowest BCUT2D eigenvalue weighted by Crippen LogP contribution is -2.19. The van der Waals surface area contributed by atoms with E-state index in [4.69, 9.17) is 4.42 Å². The summed E-state index contributed by atoms with van der Waals surface area (Å²) in [7, 11) is 0. The highest BCUT2D eigenvalue weighted by atomic mass is 19.1. The lowest BCUT2D eigenvalue weighted by atomic mass is 10.1. The lowest BCUT2D eigenvalue weighted by molar-refractivity contribution is 0.102. The van der Waals surface area contributed by atoms with Gasteiger partial charge in [0, 0.05) is 0 Å². The highest BCUT2D eigenvalue weighted by Crippen LogP contribution is 2.29. The SMILES string of the molecule is O=C(Nc1c(O)c2ccccc2oc1=O)c1ccccc1F. The molecule has 0 spiro atoms. The number of amides is 1. The van der Waals surface area contributed by atoms with E-state index in [9.17, 15) is 19.1 Å². The lowest BCUT2D eigenvalue weighted by Gasteiger charge is -2.08. The normalized spacial score (nSPS) is 10.6. The highest BCUT2D eigenvalue weighted by molar-refractivity contribution is 6.06. The van der Waals surface area contributed by atoms with Gasteiger partial charge in [-0.2, -0.15) is 0 Å². The van der Waals surface area contributed by atoms with Gasteiger partial charge in [0.2, 0.25) is 0 Å². The van der Waals surface area contributed by atoms with Crippen LogP contribution in [-0.4, -0.2) is 11.0 Å². The van der Waals surface area contributed by atoms with Crippen LogP contribution < -0.4 is 10.9 Å². The van der Waals surface area contributed by atoms with Crippen molar-refractivity contribution in [2.24, 2.45) is 0 Å². The molecule has 0 atom stereocenters. The van der Waals surface area contributed by atoms with Crippen LogP contribution in [0.3, 0.4) is 0 Å². The van der Waals surface area contributed by atoms with Crippen LogP contribution in [0.15, 0.2) is 57.7 Å². The smallest absolute Gasteiger partial charge is 0.364 e. The molecule has 110 valence electrons. The van der Waals surface area contributed by atoms with E-state index in [0.717, 1.165) is 6.07 Å². The largest absolute Gasteiger partial charge is 0.505 e. The number of fused-ring (bicyclic) bond motifs is 1. The number of benzene rings is 2. The number of carbonyl (C=O) groups excluding carboxylic acids is 1. The molecular weight excluding hydrogens is 289 g/mol. The average molecular weight is 299 g/mol. The second kappa shape index (κ2) is 5.33. The topological polar surface area (TPSA) is 79.5 Å². The van der Waals surface area contributed by atoms with E-state index in [1.807, 2.05) is 0 Å². The predicted octanol–water partition coefficient (Wildman–Crippen LogP) is 2.89. The fourth-order valence-corrected chi connectivity index (χ4v) is 2.07. The summed E-state index contributed by atoms with van der Waals surface area (Å²) in [5, 5.41) is 12.6. The van der Waals surface area contributed by atoms with Crippen molar-refractivity contribution < 1.29 is 18.7 Å². The molecule has 1 heterocycles. The number of halogens is 1. The molecule has 2 N–H and O–H groups in total. The minimum atomic E-state index is -0.916. The zero-order valence-electron chi connectivity index (χ0n) is 11.2. The molecule has 6 heteroatoms. The van der Waals surface area contributed by atoms with E-state index >= 15 is 0 Å². The maximum Gasteiger partial charge on any atom is 0.364 e. The number of para-hydroxylation sites is 1. The summed E-state index contributed by atoms with van der Waals surface area (Å²) in [6.45, 7) is 0. The van der Waals surface area contributed by atoms with Crippen LogP contribution in [0.25, 0.3) is 11.0 Å². The van der Waals surface area contributed by atoms with Gasteiger partial charge in [-0.05, 0) is 24.3 Å². The molecule has 0 aliphatic rings. The Bertz CT molecular complexity index is 933. The third kappa shape index (κ3) is 2.31. The third-order valence-corrected chi connectivity index (χ3v) is 3.14. The van der Waals surface area contributed by atoms with E-state index < -0.39 is 28.8 Å². The summed E-state index contributed by atoms with van der Waals surface area (Å²) in [5.41, 5.74) is -1.39. The number of aromatic hydroxyl groups is 1. The van der Waals surface area contributed by atoms with Gasteiger partial charge in [0.15, 0.2) is 11.4 Å². The van der Waals surface area contributed by atoms with Crippen molar-refractivity contribution in [2.75, 3.05) is 5.32 Å². The molecule has 1 amide bonds. The quantitative estimate of drug-likeness (QED) is 0.713. The van der Waals surface area contributed by atoms with Gasteiger partial charge >= 0.3 is 5.63 Å². The first kappa shape index (κ1) is 13.8. The Morgan fingerprint density at radius 2 is 1.77 bits per heavy atom. The highest BCUT2D eigenvalue weighted by Gasteiger charge is 2.18. The summed E-state index contributed by atoms with van der Waals surface area (Å²) in [6.07, 6.45) is 0. The maximum atomic E-state index is 13.6. The van der Waals surface area contributed by atoms with E-state index in [2.05, 4.69) is 5.32 Å². The van der Waals surface area contributed by atoms with E-state index in [-0.39, 0.29) is 16.5 Å². The minimum absolute atomic E-state index is 0.189. The number of nitrogens with one attached hydrogen (secondary N) is 1. The molecular formula is C16H10FNO4. The van der Waals surface area contributed by atoms with Gasteiger partial charge in [0.1, 0.15) is 11.4 Å². The van der Waals surface area contributed by atoms with Crippen molar-refractivity contribution in [1.29, 1.82) is 0 Å². The predicted molar refractivity (Wildman–Crippen MR) is 78.5 cm³/mol. The van der Waals surface area contributed by atoms with Gasteiger partial charge < -0.3 is 14.8 Å². The van der Waals surface area contributed by atoms with E-state index in [0.29, 0.717) is 0 Å². The van der Waals surface area contributed by atoms with Crippen molar-refractivity contribution in [3.63, 3.8) is 0 Å². The summed E-state index contributed by atoms with van der Waals surface area (Å²) in [6, 6.07) is 11.6. The Morgan fingerprint density at radius 1 is 1.09 bits per heavy atom. The molecule has 5 nitrogen and oxygen atoms in total. The molecule has 22 heavy (non-hydrogen) atoms. The molecule has 0 saturated carbocycles. The van der Waals surface area contributed by atoms with Crippen LogP contribution in [0.4, 0.5) is 10.1 Å². The minimum Gasteiger partial charge on any atom is -0.505 e. The van der Waals surface area contributed by atoms with Crippen LogP contribution in [0.5, 0.6) is 5.75 Å². The molecule has 3 aromatic rings. The number of hydrogen-bond acceptors (Lipinski definition) is 4. The molecule has 0 aliphatic heterocycles. The molecule has 0 bridgehead atoms. The molecule has 0 saturated heterocycles. The first-order valence-electron chi connectivity index (χ1n) is 6.38. The number of hydrogen-bond donors (Lipinski definition) is 2. The van der Waals surface area contributed by atoms with Crippen molar-refractivity contribution in [1.82, 2.24) is 0 Å². The third-order valence-electron chi connectivity index (χ3n) is 3.14. The molecule has 3 rings (SSSR count). The number of rotatable bonds is 2. The van der Waals surface area contributed by atoms with Crippen molar-refractivity contribution in [3.8, 4) is 5.75 Å².